The number of rotatable bonds is 4. The van der Waals surface area contributed by atoms with Gasteiger partial charge in [0.25, 0.3) is 5.91 Å². The first-order chi connectivity index (χ1) is 13.2. The summed E-state index contributed by atoms with van der Waals surface area (Å²) < 4.78 is 16.5. The number of amides is 2. The molecule has 1 unspecified atom stereocenters. The lowest BCUT2D eigenvalue weighted by atomic mass is 10.1. The van der Waals surface area contributed by atoms with Gasteiger partial charge in [0, 0.05) is 18.5 Å². The molecule has 7 heteroatoms. The van der Waals surface area contributed by atoms with Gasteiger partial charge in [-0.2, -0.15) is 0 Å². The molecule has 4 rings (SSSR count). The summed E-state index contributed by atoms with van der Waals surface area (Å²) in [7, 11) is 0. The molecule has 2 amide bonds. The summed E-state index contributed by atoms with van der Waals surface area (Å²) in [6.07, 6.45) is 3.83. The number of nitrogens with one attached hydrogen (secondary N) is 1. The minimum atomic E-state index is -0.469. The summed E-state index contributed by atoms with van der Waals surface area (Å²) >= 11 is 0. The highest BCUT2D eigenvalue weighted by Gasteiger charge is 2.34. The van der Waals surface area contributed by atoms with E-state index in [-0.39, 0.29) is 11.8 Å². The van der Waals surface area contributed by atoms with Gasteiger partial charge in [0.1, 0.15) is 11.8 Å². The van der Waals surface area contributed by atoms with Crippen LogP contribution in [0, 0.1) is 0 Å². The molecule has 1 atom stereocenters. The van der Waals surface area contributed by atoms with Crippen molar-refractivity contribution in [1.29, 1.82) is 0 Å². The van der Waals surface area contributed by atoms with Crippen LogP contribution in [0.5, 0.6) is 11.5 Å². The molecule has 1 aromatic carbocycles. The monoisotopic (exact) mass is 370 g/mol. The predicted molar refractivity (Wildman–Crippen MR) is 96.7 cm³/mol. The van der Waals surface area contributed by atoms with E-state index in [4.69, 9.17) is 13.9 Å². The molecule has 3 heterocycles. The molecule has 0 bridgehead atoms. The van der Waals surface area contributed by atoms with Crippen LogP contribution in [0.15, 0.2) is 41.0 Å². The highest BCUT2D eigenvalue weighted by molar-refractivity contribution is 5.98. The number of nitrogens with zero attached hydrogens (tertiary/aromatic N) is 1. The Morgan fingerprint density at radius 2 is 1.96 bits per heavy atom. The average Bonchev–Trinajstić information content (AvgIpc) is 3.33. The number of benzene rings is 1. The van der Waals surface area contributed by atoms with Crippen LogP contribution >= 0.6 is 0 Å². The summed E-state index contributed by atoms with van der Waals surface area (Å²) in [6, 6.07) is 8.30. The average molecular weight is 370 g/mol. The maximum Gasteiger partial charge on any atom is 0.254 e. The second-order valence-corrected chi connectivity index (χ2v) is 6.67. The Balaban J connectivity index is 1.45. The van der Waals surface area contributed by atoms with Crippen LogP contribution in [-0.4, -0.2) is 42.5 Å². The van der Waals surface area contributed by atoms with Crippen LogP contribution in [0.3, 0.4) is 0 Å². The maximum absolute atomic E-state index is 13.0. The quantitative estimate of drug-likeness (QED) is 0.894. The largest absolute Gasteiger partial charge is 0.490 e. The molecule has 1 N–H and O–H groups in total. The van der Waals surface area contributed by atoms with Crippen molar-refractivity contribution in [1.82, 2.24) is 10.2 Å². The second kappa shape index (κ2) is 7.73. The van der Waals surface area contributed by atoms with Gasteiger partial charge in [0.15, 0.2) is 11.5 Å². The highest BCUT2D eigenvalue weighted by atomic mass is 16.5. The van der Waals surface area contributed by atoms with Gasteiger partial charge < -0.3 is 24.1 Å². The minimum Gasteiger partial charge on any atom is -0.490 e. The molecule has 0 aliphatic carbocycles. The summed E-state index contributed by atoms with van der Waals surface area (Å²) in [4.78, 5) is 27.2. The van der Waals surface area contributed by atoms with Crippen LogP contribution in [0.25, 0.3) is 0 Å². The molecule has 2 aromatic rings. The van der Waals surface area contributed by atoms with Crippen LogP contribution in [0.1, 0.15) is 35.4 Å². The Morgan fingerprint density at radius 3 is 2.78 bits per heavy atom. The summed E-state index contributed by atoms with van der Waals surface area (Å²) in [5, 5.41) is 2.85. The molecule has 0 radical (unpaired) electrons. The Labute approximate surface area is 157 Å². The number of ether oxygens (including phenoxy) is 2. The van der Waals surface area contributed by atoms with E-state index in [1.54, 1.807) is 41.5 Å². The third-order valence-corrected chi connectivity index (χ3v) is 4.83. The number of carbonyl (C=O) groups is 2. The molecule has 0 spiro atoms. The van der Waals surface area contributed by atoms with E-state index in [9.17, 15) is 9.59 Å². The SMILES string of the molecule is O=C(NCc1ccco1)C1CCCN1C(=O)c1ccc2c(c1)OCCCO2. The van der Waals surface area contributed by atoms with Crippen molar-refractivity contribution in [3.63, 3.8) is 0 Å². The molecule has 7 nitrogen and oxygen atoms in total. The predicted octanol–water partition coefficient (Wildman–Crippen LogP) is 2.36. The summed E-state index contributed by atoms with van der Waals surface area (Å²) in [6.45, 7) is 2.04. The van der Waals surface area contributed by atoms with Crippen molar-refractivity contribution in [2.45, 2.75) is 31.8 Å². The van der Waals surface area contributed by atoms with E-state index in [2.05, 4.69) is 5.32 Å². The lowest BCUT2D eigenvalue weighted by Crippen LogP contribution is -2.45. The third-order valence-electron chi connectivity index (χ3n) is 4.83. The van der Waals surface area contributed by atoms with Gasteiger partial charge in [0.05, 0.1) is 26.0 Å². The Bertz CT molecular complexity index is 818. The first-order valence-electron chi connectivity index (χ1n) is 9.23. The molecule has 142 valence electrons. The van der Waals surface area contributed by atoms with Crippen molar-refractivity contribution in [2.75, 3.05) is 19.8 Å². The molecule has 2 aliphatic rings. The molecule has 2 aliphatic heterocycles. The Morgan fingerprint density at radius 1 is 1.11 bits per heavy atom. The minimum absolute atomic E-state index is 0.161. The van der Waals surface area contributed by atoms with Gasteiger partial charge in [0.2, 0.25) is 5.91 Å². The number of hydrogen-bond donors (Lipinski definition) is 1. The molecular weight excluding hydrogens is 348 g/mol. The first-order valence-corrected chi connectivity index (χ1v) is 9.23. The first kappa shape index (κ1) is 17.5. The van der Waals surface area contributed by atoms with E-state index >= 15 is 0 Å². The topological polar surface area (TPSA) is 81.0 Å². The van der Waals surface area contributed by atoms with Crippen molar-refractivity contribution in [2.24, 2.45) is 0 Å². The lowest BCUT2D eigenvalue weighted by molar-refractivity contribution is -0.125. The smallest absolute Gasteiger partial charge is 0.254 e. The van der Waals surface area contributed by atoms with Crippen molar-refractivity contribution in [3.05, 3.63) is 47.9 Å². The zero-order valence-electron chi connectivity index (χ0n) is 15.0. The molecule has 1 saturated heterocycles. The number of fused-ring (bicyclic) bond motifs is 1. The van der Waals surface area contributed by atoms with Gasteiger partial charge in [-0.3, -0.25) is 9.59 Å². The molecular formula is C20H22N2O5. The summed E-state index contributed by atoms with van der Waals surface area (Å²) in [5.41, 5.74) is 0.505. The third kappa shape index (κ3) is 3.77. The number of likely N-dealkylation sites (tertiary alicyclic amines) is 1. The Hall–Kier alpha value is -2.96. The van der Waals surface area contributed by atoms with E-state index in [0.29, 0.717) is 55.5 Å². The van der Waals surface area contributed by atoms with Crippen LogP contribution in [0.4, 0.5) is 0 Å². The molecule has 27 heavy (non-hydrogen) atoms. The zero-order valence-corrected chi connectivity index (χ0v) is 15.0. The normalized spacial score (nSPS) is 18.8. The van der Waals surface area contributed by atoms with E-state index in [1.807, 2.05) is 0 Å². The number of furan rings is 1. The summed E-state index contributed by atoms with van der Waals surface area (Å²) in [5.74, 6) is 1.59. The van der Waals surface area contributed by atoms with Crippen LogP contribution < -0.4 is 14.8 Å². The van der Waals surface area contributed by atoms with Gasteiger partial charge in [-0.1, -0.05) is 0 Å². The fourth-order valence-corrected chi connectivity index (χ4v) is 3.45. The lowest BCUT2D eigenvalue weighted by Gasteiger charge is -2.24. The Kier molecular flexibility index (Phi) is 5.00. The fraction of sp³-hybridized carbons (Fsp3) is 0.400. The van der Waals surface area contributed by atoms with Gasteiger partial charge in [-0.15, -0.1) is 0 Å². The number of hydrogen-bond acceptors (Lipinski definition) is 5. The van der Waals surface area contributed by atoms with Crippen molar-refractivity contribution >= 4 is 11.8 Å². The highest BCUT2D eigenvalue weighted by Crippen LogP contribution is 2.31. The van der Waals surface area contributed by atoms with E-state index < -0.39 is 6.04 Å². The van der Waals surface area contributed by atoms with Gasteiger partial charge in [-0.25, -0.2) is 0 Å². The fourth-order valence-electron chi connectivity index (χ4n) is 3.45. The second-order valence-electron chi connectivity index (χ2n) is 6.67. The van der Waals surface area contributed by atoms with E-state index in [1.165, 1.54) is 0 Å². The van der Waals surface area contributed by atoms with Gasteiger partial charge >= 0.3 is 0 Å². The zero-order chi connectivity index (χ0) is 18.6. The van der Waals surface area contributed by atoms with Gasteiger partial charge in [-0.05, 0) is 43.2 Å². The molecule has 1 fully saturated rings. The van der Waals surface area contributed by atoms with Crippen LogP contribution in [0.2, 0.25) is 0 Å². The molecule has 0 saturated carbocycles. The maximum atomic E-state index is 13.0. The standard InChI is InChI=1S/C20H22N2O5/c23-19(21-13-15-4-2-9-25-15)16-5-1-8-22(16)20(24)14-6-7-17-18(12-14)27-11-3-10-26-17/h2,4,6-7,9,12,16H,1,3,5,8,10-11,13H2,(H,21,23). The van der Waals surface area contributed by atoms with Crippen molar-refractivity contribution < 1.29 is 23.5 Å². The van der Waals surface area contributed by atoms with Crippen molar-refractivity contribution in [3.8, 4) is 11.5 Å². The number of carbonyl (C=O) groups excluding carboxylic acids is 2. The van der Waals surface area contributed by atoms with E-state index in [0.717, 1.165) is 12.8 Å². The van der Waals surface area contributed by atoms with Crippen LogP contribution in [-0.2, 0) is 11.3 Å². The molecule has 1 aromatic heterocycles.